The molecule has 0 fully saturated rings. The molecule has 11 heteroatoms. The molecule has 6 N–H and O–H groups in total. The SMILES string of the molecule is O=C(/C=C/c1cccc(C(=O)Nc2ccccc2)c1)NO.O=C(/C=C/c1cccc(C(=O)Nc2cccnc2)c1)NO. The summed E-state index contributed by atoms with van der Waals surface area (Å²) in [5.74, 6) is -1.78. The number of nitrogens with zero attached hydrogens (tertiary/aromatic N) is 1. The fraction of sp³-hybridized carbons (Fsp3) is 0. The summed E-state index contributed by atoms with van der Waals surface area (Å²) in [7, 11) is 0. The minimum atomic E-state index is -0.639. The lowest BCUT2D eigenvalue weighted by molar-refractivity contribution is -0.124. The van der Waals surface area contributed by atoms with Gasteiger partial charge in [-0.3, -0.25) is 34.6 Å². The number of benzene rings is 3. The number of hydroxylamine groups is 2. The van der Waals surface area contributed by atoms with Gasteiger partial charge in [0.15, 0.2) is 0 Å². The van der Waals surface area contributed by atoms with Crippen LogP contribution >= 0.6 is 0 Å². The van der Waals surface area contributed by atoms with E-state index in [1.165, 1.54) is 29.2 Å². The van der Waals surface area contributed by atoms with Crippen LogP contribution in [0.5, 0.6) is 0 Å². The van der Waals surface area contributed by atoms with Crippen molar-refractivity contribution in [1.29, 1.82) is 0 Å². The number of amides is 4. The van der Waals surface area contributed by atoms with Crippen LogP contribution in [-0.4, -0.2) is 39.0 Å². The van der Waals surface area contributed by atoms with Gasteiger partial charge in [0.05, 0.1) is 11.9 Å². The summed E-state index contributed by atoms with van der Waals surface area (Å²) in [4.78, 5) is 49.9. The van der Waals surface area contributed by atoms with E-state index in [9.17, 15) is 19.2 Å². The van der Waals surface area contributed by atoms with Crippen molar-refractivity contribution < 1.29 is 29.6 Å². The molecule has 42 heavy (non-hydrogen) atoms. The Hall–Kier alpha value is -5.91. The van der Waals surface area contributed by atoms with Crippen molar-refractivity contribution in [1.82, 2.24) is 15.9 Å². The smallest absolute Gasteiger partial charge is 0.267 e. The normalized spacial score (nSPS) is 10.3. The van der Waals surface area contributed by atoms with Crippen LogP contribution in [0.15, 0.2) is 116 Å². The Balaban J connectivity index is 0.000000230. The fourth-order valence-electron chi connectivity index (χ4n) is 3.35. The molecule has 1 aromatic heterocycles. The Kier molecular flexibility index (Phi) is 11.9. The molecule has 0 bridgehead atoms. The highest BCUT2D eigenvalue weighted by Gasteiger charge is 2.07. The highest BCUT2D eigenvalue weighted by Crippen LogP contribution is 2.12. The molecule has 3 aromatic carbocycles. The van der Waals surface area contributed by atoms with Crippen molar-refractivity contribution >= 4 is 47.2 Å². The van der Waals surface area contributed by atoms with Crippen LogP contribution in [0, 0.1) is 0 Å². The quantitative estimate of drug-likeness (QED) is 0.105. The second kappa shape index (κ2) is 16.3. The topological polar surface area (TPSA) is 170 Å². The summed E-state index contributed by atoms with van der Waals surface area (Å²) in [6, 6.07) is 26.1. The molecule has 0 saturated carbocycles. The number of hydrogen-bond donors (Lipinski definition) is 6. The Labute approximate surface area is 241 Å². The number of para-hydroxylation sites is 1. The van der Waals surface area contributed by atoms with Crippen molar-refractivity contribution in [3.63, 3.8) is 0 Å². The first-order valence-electron chi connectivity index (χ1n) is 12.4. The Morgan fingerprint density at radius 3 is 1.57 bits per heavy atom. The van der Waals surface area contributed by atoms with Gasteiger partial charge in [0.2, 0.25) is 0 Å². The maximum Gasteiger partial charge on any atom is 0.267 e. The lowest BCUT2D eigenvalue weighted by Gasteiger charge is -2.05. The molecule has 4 aromatic rings. The van der Waals surface area contributed by atoms with Gasteiger partial charge in [0.25, 0.3) is 23.6 Å². The predicted octanol–water partition coefficient (Wildman–Crippen LogP) is 4.31. The van der Waals surface area contributed by atoms with E-state index < -0.39 is 11.8 Å². The van der Waals surface area contributed by atoms with Gasteiger partial charge in [-0.15, -0.1) is 0 Å². The summed E-state index contributed by atoms with van der Waals surface area (Å²) in [5, 5.41) is 22.3. The Morgan fingerprint density at radius 1 is 0.595 bits per heavy atom. The molecule has 0 aliphatic carbocycles. The molecule has 0 unspecified atom stereocenters. The van der Waals surface area contributed by atoms with E-state index in [1.54, 1.807) is 85.2 Å². The molecule has 0 aliphatic rings. The van der Waals surface area contributed by atoms with Gasteiger partial charge in [0.1, 0.15) is 0 Å². The van der Waals surface area contributed by atoms with Crippen LogP contribution in [0.2, 0.25) is 0 Å². The molecule has 0 radical (unpaired) electrons. The van der Waals surface area contributed by atoms with Crippen molar-refractivity contribution in [2.24, 2.45) is 0 Å². The molecular weight excluding hydrogens is 538 g/mol. The number of carbonyl (C=O) groups is 4. The second-order valence-electron chi connectivity index (χ2n) is 8.39. The number of aromatic nitrogens is 1. The molecule has 0 atom stereocenters. The summed E-state index contributed by atoms with van der Waals surface area (Å²) in [5.41, 5.74) is 6.58. The van der Waals surface area contributed by atoms with Gasteiger partial charge < -0.3 is 10.6 Å². The maximum atomic E-state index is 12.1. The average molecular weight is 566 g/mol. The lowest BCUT2D eigenvalue weighted by Crippen LogP contribution is -2.14. The second-order valence-corrected chi connectivity index (χ2v) is 8.39. The lowest BCUT2D eigenvalue weighted by atomic mass is 10.1. The van der Waals surface area contributed by atoms with E-state index in [2.05, 4.69) is 15.6 Å². The van der Waals surface area contributed by atoms with Crippen molar-refractivity contribution in [3.8, 4) is 0 Å². The number of carbonyl (C=O) groups excluding carboxylic acids is 4. The molecule has 0 aliphatic heterocycles. The predicted molar refractivity (Wildman–Crippen MR) is 157 cm³/mol. The zero-order valence-electron chi connectivity index (χ0n) is 22.1. The average Bonchev–Trinajstić information content (AvgIpc) is 3.04. The molecular formula is C31H27N5O6. The van der Waals surface area contributed by atoms with E-state index in [-0.39, 0.29) is 11.8 Å². The Bertz CT molecular complexity index is 1450. The highest BCUT2D eigenvalue weighted by atomic mass is 16.5. The molecule has 0 spiro atoms. The largest absolute Gasteiger partial charge is 0.322 e. The van der Waals surface area contributed by atoms with Crippen molar-refractivity contribution in [2.75, 3.05) is 10.6 Å². The van der Waals surface area contributed by atoms with Crippen LogP contribution in [0.1, 0.15) is 31.8 Å². The van der Waals surface area contributed by atoms with E-state index in [1.807, 2.05) is 18.2 Å². The summed E-state index contributed by atoms with van der Waals surface area (Å²) >= 11 is 0. The first kappa shape index (κ1) is 30.6. The zero-order valence-corrected chi connectivity index (χ0v) is 22.1. The first-order chi connectivity index (χ1) is 20.4. The minimum Gasteiger partial charge on any atom is -0.322 e. The van der Waals surface area contributed by atoms with Gasteiger partial charge in [0, 0.05) is 35.2 Å². The number of nitrogens with one attached hydrogen (secondary N) is 4. The molecule has 4 amide bonds. The number of anilines is 2. The summed E-state index contributed by atoms with van der Waals surface area (Å²) in [6.45, 7) is 0. The van der Waals surface area contributed by atoms with Gasteiger partial charge in [-0.1, -0.05) is 42.5 Å². The summed E-state index contributed by atoms with van der Waals surface area (Å²) < 4.78 is 0. The van der Waals surface area contributed by atoms with Crippen LogP contribution in [-0.2, 0) is 9.59 Å². The van der Waals surface area contributed by atoms with Gasteiger partial charge in [-0.05, 0) is 71.8 Å². The number of rotatable bonds is 8. The zero-order chi connectivity index (χ0) is 30.2. The maximum absolute atomic E-state index is 12.1. The van der Waals surface area contributed by atoms with Crippen molar-refractivity contribution in [3.05, 3.63) is 138 Å². The highest BCUT2D eigenvalue weighted by molar-refractivity contribution is 6.05. The standard InChI is InChI=1S/C16H14N2O3.C15H13N3O3/c19-15(18-21)10-9-12-5-4-6-13(11-12)16(20)17-14-7-2-1-3-8-14;19-14(18-21)7-6-11-3-1-4-12(9-11)15(20)17-13-5-2-8-16-10-13/h1-11,21H,(H,17,20)(H,18,19);1-10,21H,(H,17,20)(H,18,19)/b10-9+;7-6+. The van der Waals surface area contributed by atoms with Crippen LogP contribution in [0.25, 0.3) is 12.2 Å². The molecule has 11 nitrogen and oxygen atoms in total. The van der Waals surface area contributed by atoms with Gasteiger partial charge >= 0.3 is 0 Å². The van der Waals surface area contributed by atoms with Crippen LogP contribution < -0.4 is 21.6 Å². The number of hydrogen-bond acceptors (Lipinski definition) is 7. The van der Waals surface area contributed by atoms with E-state index in [0.29, 0.717) is 33.6 Å². The van der Waals surface area contributed by atoms with Crippen LogP contribution in [0.4, 0.5) is 11.4 Å². The van der Waals surface area contributed by atoms with E-state index in [0.717, 1.165) is 6.08 Å². The third-order valence-corrected chi connectivity index (χ3v) is 5.32. The first-order valence-corrected chi connectivity index (χ1v) is 12.4. The molecule has 1 heterocycles. The van der Waals surface area contributed by atoms with Crippen LogP contribution in [0.3, 0.4) is 0 Å². The van der Waals surface area contributed by atoms with Crippen molar-refractivity contribution in [2.45, 2.75) is 0 Å². The third-order valence-electron chi connectivity index (χ3n) is 5.32. The summed E-state index contributed by atoms with van der Waals surface area (Å²) in [6.07, 6.45) is 8.50. The van der Waals surface area contributed by atoms with E-state index in [4.69, 9.17) is 10.4 Å². The van der Waals surface area contributed by atoms with Gasteiger partial charge in [-0.25, -0.2) is 11.0 Å². The van der Waals surface area contributed by atoms with E-state index >= 15 is 0 Å². The molecule has 0 saturated heterocycles. The third kappa shape index (κ3) is 10.3. The monoisotopic (exact) mass is 565 g/mol. The minimum absolute atomic E-state index is 0.233. The van der Waals surface area contributed by atoms with Gasteiger partial charge in [-0.2, -0.15) is 0 Å². The Morgan fingerprint density at radius 2 is 1.10 bits per heavy atom. The number of pyridine rings is 1. The molecule has 4 rings (SSSR count). The molecule has 212 valence electrons. The fourth-order valence-corrected chi connectivity index (χ4v) is 3.35.